The maximum Gasteiger partial charge on any atom is 0.437 e. The first-order chi connectivity index (χ1) is 11.8. The van der Waals surface area contributed by atoms with E-state index < -0.39 is 36.0 Å². The van der Waals surface area contributed by atoms with Crippen LogP contribution in [0.25, 0.3) is 0 Å². The Morgan fingerprint density at radius 3 is 2.48 bits per heavy atom. The van der Waals surface area contributed by atoms with Crippen LogP contribution >= 0.6 is 0 Å². The average Bonchev–Trinajstić information content (AvgIpc) is 2.58. The van der Waals surface area contributed by atoms with Crippen molar-refractivity contribution in [2.45, 2.75) is 38.5 Å². The van der Waals surface area contributed by atoms with Gasteiger partial charge in [-0.1, -0.05) is 30.3 Å². The zero-order chi connectivity index (χ0) is 18.8. The van der Waals surface area contributed by atoms with E-state index in [-0.39, 0.29) is 19.4 Å². The second-order valence-corrected chi connectivity index (χ2v) is 5.26. The van der Waals surface area contributed by atoms with E-state index in [0.29, 0.717) is 0 Å². The zero-order valence-corrected chi connectivity index (χ0v) is 13.7. The van der Waals surface area contributed by atoms with E-state index in [0.717, 1.165) is 5.56 Å². The SMILES string of the molecule is C[C@H](NC(=O)CC[C@H](N)C(=O)O)C(=O)[N]C(=O)OCc1ccccc1. The summed E-state index contributed by atoms with van der Waals surface area (Å²) in [5.41, 5.74) is 6.02. The predicted molar refractivity (Wildman–Crippen MR) is 86.2 cm³/mol. The Balaban J connectivity index is 2.31. The number of imide groups is 1. The highest BCUT2D eigenvalue weighted by molar-refractivity contribution is 5.96. The molecule has 25 heavy (non-hydrogen) atoms. The lowest BCUT2D eigenvalue weighted by Gasteiger charge is -2.12. The third-order valence-corrected chi connectivity index (χ3v) is 3.15. The summed E-state index contributed by atoms with van der Waals surface area (Å²) >= 11 is 0. The maximum absolute atomic E-state index is 11.7. The molecule has 0 fully saturated rings. The molecule has 2 atom stereocenters. The van der Waals surface area contributed by atoms with Gasteiger partial charge in [-0.15, -0.1) is 5.32 Å². The Hall–Kier alpha value is -2.94. The summed E-state index contributed by atoms with van der Waals surface area (Å²) < 4.78 is 4.84. The first-order valence-electron chi connectivity index (χ1n) is 7.53. The van der Waals surface area contributed by atoms with Crippen molar-refractivity contribution in [2.24, 2.45) is 5.73 Å². The molecule has 0 spiro atoms. The fourth-order valence-corrected chi connectivity index (χ4v) is 1.72. The van der Waals surface area contributed by atoms with E-state index >= 15 is 0 Å². The van der Waals surface area contributed by atoms with Gasteiger partial charge in [-0.05, 0) is 18.9 Å². The standard InChI is InChI=1S/C16H20N3O6/c1-10(18-13(20)8-7-12(17)15(22)23)14(21)19-16(24)25-9-11-5-3-2-4-6-11/h2-6,10,12H,7-9,17H2,1H3,(H,18,20)(H,22,23)/t10-,12-/m0/s1. The molecule has 0 aliphatic heterocycles. The minimum atomic E-state index is -1.21. The Morgan fingerprint density at radius 2 is 1.88 bits per heavy atom. The van der Waals surface area contributed by atoms with E-state index in [2.05, 4.69) is 10.6 Å². The van der Waals surface area contributed by atoms with Crippen LogP contribution in [-0.4, -0.2) is 41.1 Å². The number of nitrogens with one attached hydrogen (secondary N) is 1. The smallest absolute Gasteiger partial charge is 0.437 e. The van der Waals surface area contributed by atoms with Crippen LogP contribution in [0.4, 0.5) is 4.79 Å². The van der Waals surface area contributed by atoms with E-state index in [1.165, 1.54) is 6.92 Å². The summed E-state index contributed by atoms with van der Waals surface area (Å²) in [5.74, 6) is -2.65. The summed E-state index contributed by atoms with van der Waals surface area (Å²) in [7, 11) is 0. The van der Waals surface area contributed by atoms with Crippen molar-refractivity contribution < 1.29 is 29.0 Å². The Labute approximate surface area is 144 Å². The molecule has 1 rings (SSSR count). The van der Waals surface area contributed by atoms with Crippen LogP contribution in [0.15, 0.2) is 30.3 Å². The van der Waals surface area contributed by atoms with Gasteiger partial charge in [0.1, 0.15) is 18.7 Å². The largest absolute Gasteiger partial charge is 0.480 e. The lowest BCUT2D eigenvalue weighted by Crippen LogP contribution is -2.44. The molecule has 0 aromatic heterocycles. The number of carbonyl (C=O) groups excluding carboxylic acids is 3. The van der Waals surface area contributed by atoms with Crippen LogP contribution in [0, 0.1) is 0 Å². The second kappa shape index (κ2) is 10.0. The molecular weight excluding hydrogens is 330 g/mol. The molecule has 0 aliphatic rings. The van der Waals surface area contributed by atoms with Crippen molar-refractivity contribution in [3.8, 4) is 0 Å². The number of carbonyl (C=O) groups is 4. The number of hydrogen-bond donors (Lipinski definition) is 3. The zero-order valence-electron chi connectivity index (χ0n) is 13.7. The van der Waals surface area contributed by atoms with Gasteiger partial charge in [0.2, 0.25) is 5.91 Å². The summed E-state index contributed by atoms with van der Waals surface area (Å²) in [6, 6.07) is 6.66. The molecule has 1 aromatic rings. The van der Waals surface area contributed by atoms with Crippen molar-refractivity contribution >= 4 is 23.9 Å². The molecule has 0 saturated carbocycles. The van der Waals surface area contributed by atoms with Gasteiger partial charge in [-0.3, -0.25) is 14.4 Å². The normalized spacial score (nSPS) is 12.6. The quantitative estimate of drug-likeness (QED) is 0.604. The van der Waals surface area contributed by atoms with Gasteiger partial charge in [-0.25, -0.2) is 4.79 Å². The topological polar surface area (TPSA) is 150 Å². The molecule has 1 radical (unpaired) electrons. The van der Waals surface area contributed by atoms with Gasteiger partial charge < -0.3 is 20.9 Å². The maximum atomic E-state index is 11.7. The fourth-order valence-electron chi connectivity index (χ4n) is 1.72. The number of aliphatic carboxylic acids is 1. The highest BCUT2D eigenvalue weighted by atomic mass is 16.5. The molecule has 1 aromatic carbocycles. The predicted octanol–water partition coefficient (Wildman–Crippen LogP) is 0.151. The number of carboxylic acids is 1. The molecule has 0 saturated heterocycles. The molecule has 0 aliphatic carbocycles. The highest BCUT2D eigenvalue weighted by Crippen LogP contribution is 2.01. The summed E-state index contributed by atoms with van der Waals surface area (Å²) in [6.07, 6.45) is -1.29. The van der Waals surface area contributed by atoms with Gasteiger partial charge in [0.15, 0.2) is 0 Å². The van der Waals surface area contributed by atoms with E-state index in [1.54, 1.807) is 24.3 Å². The summed E-state index contributed by atoms with van der Waals surface area (Å²) in [4.78, 5) is 45.4. The number of amides is 3. The first kappa shape index (κ1) is 20.1. The lowest BCUT2D eigenvalue weighted by molar-refractivity contribution is -0.138. The molecule has 4 N–H and O–H groups in total. The van der Waals surface area contributed by atoms with Gasteiger partial charge in [-0.2, -0.15) is 0 Å². The Kier molecular flexibility index (Phi) is 8.07. The number of hydrogen-bond acceptors (Lipinski definition) is 6. The van der Waals surface area contributed by atoms with Crippen molar-refractivity contribution in [3.05, 3.63) is 35.9 Å². The van der Waals surface area contributed by atoms with Crippen LogP contribution in [0.3, 0.4) is 0 Å². The Morgan fingerprint density at radius 1 is 1.24 bits per heavy atom. The lowest BCUT2D eigenvalue weighted by atomic mass is 10.1. The minimum Gasteiger partial charge on any atom is -0.480 e. The van der Waals surface area contributed by atoms with Gasteiger partial charge in [0.25, 0.3) is 5.91 Å². The number of rotatable bonds is 8. The van der Waals surface area contributed by atoms with Crippen LogP contribution < -0.4 is 16.4 Å². The first-order valence-corrected chi connectivity index (χ1v) is 7.53. The monoisotopic (exact) mass is 350 g/mol. The van der Waals surface area contributed by atoms with Crippen molar-refractivity contribution in [1.29, 1.82) is 0 Å². The minimum absolute atomic E-state index is 0.0235. The molecule has 3 amide bonds. The summed E-state index contributed by atoms with van der Waals surface area (Å²) in [6.45, 7) is 1.33. The van der Waals surface area contributed by atoms with Crippen LogP contribution in [0.1, 0.15) is 25.3 Å². The molecule has 9 heteroatoms. The molecule has 0 bridgehead atoms. The molecule has 135 valence electrons. The number of carboxylic acid groups (broad SMARTS) is 1. The van der Waals surface area contributed by atoms with Crippen molar-refractivity contribution in [1.82, 2.24) is 10.6 Å². The second-order valence-electron chi connectivity index (χ2n) is 5.26. The van der Waals surface area contributed by atoms with E-state index in [4.69, 9.17) is 15.6 Å². The summed E-state index contributed by atoms with van der Waals surface area (Å²) in [5, 5.41) is 14.2. The average molecular weight is 350 g/mol. The van der Waals surface area contributed by atoms with Crippen molar-refractivity contribution in [3.63, 3.8) is 0 Å². The third-order valence-electron chi connectivity index (χ3n) is 3.15. The number of benzene rings is 1. The van der Waals surface area contributed by atoms with E-state index in [1.807, 2.05) is 6.07 Å². The molecule has 0 unspecified atom stereocenters. The van der Waals surface area contributed by atoms with Crippen LogP contribution in [-0.2, 0) is 25.7 Å². The third kappa shape index (κ3) is 7.93. The van der Waals surface area contributed by atoms with E-state index in [9.17, 15) is 19.2 Å². The molecular formula is C16H20N3O6. The fraction of sp³-hybridized carbons (Fsp3) is 0.375. The van der Waals surface area contributed by atoms with Gasteiger partial charge >= 0.3 is 12.1 Å². The van der Waals surface area contributed by atoms with Crippen LogP contribution in [0.5, 0.6) is 0 Å². The Bertz CT molecular complexity index is 620. The van der Waals surface area contributed by atoms with Gasteiger partial charge in [0, 0.05) is 6.42 Å². The number of nitrogens with two attached hydrogens (primary N) is 1. The molecule has 0 heterocycles. The number of ether oxygens (including phenoxy) is 1. The van der Waals surface area contributed by atoms with Crippen LogP contribution in [0.2, 0.25) is 0 Å². The highest BCUT2D eigenvalue weighted by Gasteiger charge is 2.21. The van der Waals surface area contributed by atoms with Gasteiger partial charge in [0.05, 0.1) is 0 Å². The number of nitrogens with zero attached hydrogens (tertiary/aromatic N) is 1. The van der Waals surface area contributed by atoms with Crippen molar-refractivity contribution in [2.75, 3.05) is 0 Å². The molecule has 9 nitrogen and oxygen atoms in total.